The first kappa shape index (κ1) is 15.1. The van der Waals surface area contributed by atoms with Crippen molar-refractivity contribution in [1.82, 2.24) is 9.78 Å². The van der Waals surface area contributed by atoms with Gasteiger partial charge in [0.2, 0.25) is 0 Å². The Kier molecular flexibility index (Phi) is 4.52. The number of aromatic nitrogens is 2. The van der Waals surface area contributed by atoms with Gasteiger partial charge in [-0.1, -0.05) is 41.4 Å². The van der Waals surface area contributed by atoms with Gasteiger partial charge in [-0.25, -0.2) is 4.68 Å². The third-order valence-corrected chi connectivity index (χ3v) is 3.84. The van der Waals surface area contributed by atoms with Gasteiger partial charge in [-0.05, 0) is 43.0 Å². The van der Waals surface area contributed by atoms with E-state index in [2.05, 4.69) is 40.9 Å². The van der Waals surface area contributed by atoms with Crippen LogP contribution in [0.15, 0.2) is 22.7 Å². The number of hydrogen-bond acceptors (Lipinski definition) is 2. The molecule has 0 bridgehead atoms. The van der Waals surface area contributed by atoms with Crippen LogP contribution in [0.3, 0.4) is 0 Å². The maximum atomic E-state index is 9.29. The zero-order valence-electron chi connectivity index (χ0n) is 11.6. The molecule has 0 atom stereocenters. The number of benzene rings is 1. The van der Waals surface area contributed by atoms with E-state index in [0.29, 0.717) is 16.6 Å². The van der Waals surface area contributed by atoms with Crippen molar-refractivity contribution in [3.63, 3.8) is 0 Å². The maximum Gasteiger partial charge on any atom is 0.150 e. The van der Waals surface area contributed by atoms with Crippen molar-refractivity contribution in [2.24, 2.45) is 5.92 Å². The average molecular weight is 353 g/mol. The molecule has 5 heteroatoms. The van der Waals surface area contributed by atoms with Crippen LogP contribution in [0.5, 0.6) is 0 Å². The van der Waals surface area contributed by atoms with Crippen LogP contribution in [-0.2, 0) is 6.42 Å². The molecule has 2 aromatic rings. The fourth-order valence-corrected chi connectivity index (χ4v) is 2.85. The second kappa shape index (κ2) is 5.99. The normalized spacial score (nSPS) is 10.8. The summed E-state index contributed by atoms with van der Waals surface area (Å²) in [6.07, 6.45) is 0.741. The Morgan fingerprint density at radius 1 is 1.45 bits per heavy atom. The highest BCUT2D eigenvalue weighted by atomic mass is 79.9. The molecule has 1 aromatic carbocycles. The van der Waals surface area contributed by atoms with Gasteiger partial charge in [0.1, 0.15) is 11.6 Å². The first-order valence-corrected chi connectivity index (χ1v) is 7.55. The summed E-state index contributed by atoms with van der Waals surface area (Å²) < 4.78 is 2.66. The average Bonchev–Trinajstić information content (AvgIpc) is 2.65. The highest BCUT2D eigenvalue weighted by molar-refractivity contribution is 9.10. The predicted octanol–water partition coefficient (Wildman–Crippen LogP) is 4.67. The van der Waals surface area contributed by atoms with Gasteiger partial charge in [0.05, 0.1) is 11.4 Å². The van der Waals surface area contributed by atoms with E-state index in [1.165, 1.54) is 0 Å². The van der Waals surface area contributed by atoms with Crippen LogP contribution < -0.4 is 0 Å². The van der Waals surface area contributed by atoms with Crippen molar-refractivity contribution in [1.29, 1.82) is 5.26 Å². The van der Waals surface area contributed by atoms with E-state index in [1.54, 1.807) is 4.68 Å². The molecular weight excluding hydrogens is 338 g/mol. The summed E-state index contributed by atoms with van der Waals surface area (Å²) in [6.45, 7) is 6.18. The van der Waals surface area contributed by atoms with E-state index in [9.17, 15) is 5.26 Å². The lowest BCUT2D eigenvalue weighted by molar-refractivity contribution is 0.627. The van der Waals surface area contributed by atoms with Crippen molar-refractivity contribution in [2.45, 2.75) is 27.2 Å². The molecule has 0 N–H and O–H groups in total. The molecule has 0 saturated heterocycles. The zero-order chi connectivity index (χ0) is 14.9. The van der Waals surface area contributed by atoms with Crippen LogP contribution in [0.2, 0.25) is 5.15 Å². The Morgan fingerprint density at radius 3 is 2.70 bits per heavy atom. The molecule has 2 rings (SSSR count). The lowest BCUT2D eigenvalue weighted by atomic mass is 10.1. The SMILES string of the molecule is Cc1cc(Br)ccc1-n1nc(CC(C)C)c(C#N)c1Cl. The highest BCUT2D eigenvalue weighted by Gasteiger charge is 2.18. The summed E-state index contributed by atoms with van der Waals surface area (Å²) in [7, 11) is 0. The van der Waals surface area contributed by atoms with Gasteiger partial charge in [0.25, 0.3) is 0 Å². The van der Waals surface area contributed by atoms with Crippen LogP contribution in [0.4, 0.5) is 0 Å². The Balaban J connectivity index is 2.58. The summed E-state index contributed by atoms with van der Waals surface area (Å²) in [5, 5.41) is 14.2. The van der Waals surface area contributed by atoms with Gasteiger partial charge in [0, 0.05) is 4.47 Å². The standard InChI is InChI=1S/C15H15BrClN3/c1-9(2)6-13-12(8-18)15(17)20(19-13)14-5-4-11(16)7-10(14)3/h4-5,7,9H,6H2,1-3H3. The summed E-state index contributed by atoms with van der Waals surface area (Å²) in [6, 6.07) is 8.05. The Bertz CT molecular complexity index is 683. The topological polar surface area (TPSA) is 41.6 Å². The molecule has 1 heterocycles. The third kappa shape index (κ3) is 2.89. The van der Waals surface area contributed by atoms with Crippen molar-refractivity contribution in [2.75, 3.05) is 0 Å². The van der Waals surface area contributed by atoms with Gasteiger partial charge < -0.3 is 0 Å². The summed E-state index contributed by atoms with van der Waals surface area (Å²) in [5.74, 6) is 0.424. The Morgan fingerprint density at radius 2 is 2.15 bits per heavy atom. The summed E-state index contributed by atoms with van der Waals surface area (Å²) in [5.41, 5.74) is 3.17. The van der Waals surface area contributed by atoms with Crippen LogP contribution in [0.1, 0.15) is 30.7 Å². The molecule has 0 amide bonds. The van der Waals surface area contributed by atoms with Crippen LogP contribution in [0.25, 0.3) is 5.69 Å². The molecule has 0 aliphatic rings. The van der Waals surface area contributed by atoms with Gasteiger partial charge in [-0.2, -0.15) is 10.4 Å². The third-order valence-electron chi connectivity index (χ3n) is 3.00. The first-order valence-electron chi connectivity index (χ1n) is 6.38. The molecule has 3 nitrogen and oxygen atoms in total. The molecule has 0 radical (unpaired) electrons. The number of hydrogen-bond donors (Lipinski definition) is 0. The quantitative estimate of drug-likeness (QED) is 0.805. The van der Waals surface area contributed by atoms with Gasteiger partial charge >= 0.3 is 0 Å². The minimum Gasteiger partial charge on any atom is -0.220 e. The number of halogens is 2. The second-order valence-electron chi connectivity index (χ2n) is 5.16. The van der Waals surface area contributed by atoms with E-state index < -0.39 is 0 Å². The molecule has 104 valence electrons. The Labute approximate surface area is 132 Å². The van der Waals surface area contributed by atoms with Crippen molar-refractivity contribution >= 4 is 27.5 Å². The molecule has 0 saturated carbocycles. The minimum atomic E-state index is 0.383. The van der Waals surface area contributed by atoms with Crippen LogP contribution in [-0.4, -0.2) is 9.78 Å². The highest BCUT2D eigenvalue weighted by Crippen LogP contribution is 2.27. The minimum absolute atomic E-state index is 0.383. The molecule has 0 aliphatic heterocycles. The lowest BCUT2D eigenvalue weighted by Gasteiger charge is -2.07. The maximum absolute atomic E-state index is 9.29. The fourth-order valence-electron chi connectivity index (χ4n) is 2.10. The molecule has 1 aromatic heterocycles. The van der Waals surface area contributed by atoms with E-state index in [4.69, 9.17) is 11.6 Å². The van der Waals surface area contributed by atoms with E-state index in [-0.39, 0.29) is 0 Å². The molecule has 0 fully saturated rings. The predicted molar refractivity (Wildman–Crippen MR) is 84.3 cm³/mol. The Hall–Kier alpha value is -1.31. The smallest absolute Gasteiger partial charge is 0.150 e. The van der Waals surface area contributed by atoms with Crippen molar-refractivity contribution < 1.29 is 0 Å². The molecule has 0 unspecified atom stereocenters. The largest absolute Gasteiger partial charge is 0.220 e. The molecular formula is C15H15BrClN3. The fraction of sp³-hybridized carbons (Fsp3) is 0.333. The van der Waals surface area contributed by atoms with Crippen molar-refractivity contribution in [3.05, 3.63) is 44.6 Å². The number of rotatable bonds is 3. The number of nitriles is 1. The van der Waals surface area contributed by atoms with Crippen molar-refractivity contribution in [3.8, 4) is 11.8 Å². The van der Waals surface area contributed by atoms with E-state index in [1.807, 2.05) is 25.1 Å². The van der Waals surface area contributed by atoms with E-state index in [0.717, 1.165) is 27.8 Å². The van der Waals surface area contributed by atoms with Crippen LogP contribution in [0, 0.1) is 24.2 Å². The van der Waals surface area contributed by atoms with Crippen LogP contribution >= 0.6 is 27.5 Å². The summed E-state index contributed by atoms with van der Waals surface area (Å²) in [4.78, 5) is 0. The monoisotopic (exact) mass is 351 g/mol. The zero-order valence-corrected chi connectivity index (χ0v) is 14.0. The molecule has 20 heavy (non-hydrogen) atoms. The second-order valence-corrected chi connectivity index (χ2v) is 6.44. The van der Waals surface area contributed by atoms with E-state index >= 15 is 0 Å². The lowest BCUT2D eigenvalue weighted by Crippen LogP contribution is -2.01. The van der Waals surface area contributed by atoms with Gasteiger partial charge in [-0.15, -0.1) is 0 Å². The number of aryl methyl sites for hydroxylation is 1. The molecule has 0 aliphatic carbocycles. The summed E-state index contributed by atoms with van der Waals surface area (Å²) >= 11 is 9.76. The number of nitrogens with zero attached hydrogens (tertiary/aromatic N) is 3. The molecule has 0 spiro atoms. The van der Waals surface area contributed by atoms with Gasteiger partial charge in [0.15, 0.2) is 5.15 Å². The first-order chi connectivity index (χ1) is 9.43. The van der Waals surface area contributed by atoms with Gasteiger partial charge in [-0.3, -0.25) is 0 Å².